The Bertz CT molecular complexity index is 763. The van der Waals surface area contributed by atoms with Crippen LogP contribution < -0.4 is 0 Å². The van der Waals surface area contributed by atoms with Gasteiger partial charge < -0.3 is 4.74 Å². The van der Waals surface area contributed by atoms with E-state index in [1.807, 2.05) is 29.2 Å². The van der Waals surface area contributed by atoms with E-state index in [0.717, 1.165) is 36.1 Å². The van der Waals surface area contributed by atoms with Crippen molar-refractivity contribution in [3.05, 3.63) is 49.3 Å². The smallest absolute Gasteiger partial charge is 0.162 e. The fraction of sp³-hybridized carbons (Fsp3) is 0.294. The molecule has 0 saturated carbocycles. The summed E-state index contributed by atoms with van der Waals surface area (Å²) < 4.78 is 7.69. The summed E-state index contributed by atoms with van der Waals surface area (Å²) >= 11 is 0. The van der Waals surface area contributed by atoms with Gasteiger partial charge in [-0.15, -0.1) is 0 Å². The van der Waals surface area contributed by atoms with Gasteiger partial charge in [0.05, 0.1) is 6.20 Å². The molecule has 4 rings (SSSR count). The van der Waals surface area contributed by atoms with E-state index in [-0.39, 0.29) is 6.23 Å². The maximum atomic E-state index is 5.77. The first-order valence-electron chi connectivity index (χ1n) is 7.79. The lowest BCUT2D eigenvalue weighted by Gasteiger charge is -2.22. The average molecular weight is 307 g/mol. The van der Waals surface area contributed by atoms with E-state index < -0.39 is 0 Å². The molecule has 6 nitrogen and oxygen atoms in total. The van der Waals surface area contributed by atoms with Crippen molar-refractivity contribution in [1.29, 1.82) is 0 Å². The van der Waals surface area contributed by atoms with Gasteiger partial charge in [-0.05, 0) is 24.8 Å². The van der Waals surface area contributed by atoms with Crippen molar-refractivity contribution in [2.45, 2.75) is 25.5 Å². The molecule has 1 aromatic carbocycles. The van der Waals surface area contributed by atoms with Crippen molar-refractivity contribution in [3.63, 3.8) is 0 Å². The number of nitrogens with zero attached hydrogens (tertiary/aromatic N) is 5. The third-order valence-corrected chi connectivity index (χ3v) is 4.02. The Hall–Kier alpha value is -2.60. The van der Waals surface area contributed by atoms with E-state index >= 15 is 0 Å². The number of ether oxygens (including phenoxy) is 1. The van der Waals surface area contributed by atoms with Crippen LogP contribution in [-0.4, -0.2) is 31.3 Å². The lowest BCUT2D eigenvalue weighted by Crippen LogP contribution is -2.18. The Labute approximate surface area is 134 Å². The lowest BCUT2D eigenvalue weighted by molar-refractivity contribution is -0.0394. The zero-order chi connectivity index (χ0) is 15.5. The molecule has 1 aliphatic rings. The summed E-state index contributed by atoms with van der Waals surface area (Å²) in [5, 5.41) is 4.46. The van der Waals surface area contributed by atoms with Crippen LogP contribution in [0.2, 0.25) is 0 Å². The van der Waals surface area contributed by atoms with Crippen molar-refractivity contribution in [2.24, 2.45) is 0 Å². The molecule has 1 fully saturated rings. The van der Waals surface area contributed by atoms with E-state index in [1.165, 1.54) is 19.1 Å². The molecular weight excluding hydrogens is 290 g/mol. The molecule has 23 heavy (non-hydrogen) atoms. The molecule has 1 unspecified atom stereocenters. The van der Waals surface area contributed by atoms with E-state index in [1.54, 1.807) is 0 Å². The number of hydrogen-bond donors (Lipinski definition) is 0. The van der Waals surface area contributed by atoms with Crippen LogP contribution in [0.25, 0.3) is 22.5 Å². The van der Waals surface area contributed by atoms with E-state index in [2.05, 4.69) is 32.2 Å². The monoisotopic (exact) mass is 307 g/mol. The van der Waals surface area contributed by atoms with Crippen LogP contribution in [0.5, 0.6) is 0 Å². The highest BCUT2D eigenvalue weighted by molar-refractivity contribution is 5.66. The molecule has 116 valence electrons. The van der Waals surface area contributed by atoms with Gasteiger partial charge >= 0.3 is 0 Å². The zero-order valence-electron chi connectivity index (χ0n) is 12.7. The molecule has 1 atom stereocenters. The highest BCUT2D eigenvalue weighted by Crippen LogP contribution is 2.26. The van der Waals surface area contributed by atoms with Gasteiger partial charge in [0, 0.05) is 23.9 Å². The van der Waals surface area contributed by atoms with Crippen molar-refractivity contribution in [2.75, 3.05) is 6.61 Å². The summed E-state index contributed by atoms with van der Waals surface area (Å²) in [6, 6.07) is 8.14. The predicted molar refractivity (Wildman–Crippen MR) is 85.3 cm³/mol. The van der Waals surface area contributed by atoms with Gasteiger partial charge in [0.2, 0.25) is 0 Å². The maximum absolute atomic E-state index is 5.77. The molecule has 0 amide bonds. The first-order valence-corrected chi connectivity index (χ1v) is 7.79. The minimum Gasteiger partial charge on any atom is -0.357 e. The molecule has 0 aliphatic carbocycles. The third kappa shape index (κ3) is 2.98. The van der Waals surface area contributed by atoms with Crippen molar-refractivity contribution >= 4 is 0 Å². The molecule has 2 aromatic heterocycles. The van der Waals surface area contributed by atoms with E-state index in [9.17, 15) is 0 Å². The van der Waals surface area contributed by atoms with Crippen LogP contribution in [0.15, 0.2) is 49.3 Å². The van der Waals surface area contributed by atoms with Crippen LogP contribution in [0, 0.1) is 0 Å². The Kier molecular flexibility index (Phi) is 3.81. The van der Waals surface area contributed by atoms with Gasteiger partial charge in [0.1, 0.15) is 18.9 Å². The topological polar surface area (TPSA) is 65.7 Å². The normalized spacial score (nSPS) is 18.0. The second kappa shape index (κ2) is 6.26. The Morgan fingerprint density at radius 3 is 2.48 bits per heavy atom. The summed E-state index contributed by atoms with van der Waals surface area (Å²) in [6.07, 6.45) is 10.4. The van der Waals surface area contributed by atoms with Crippen LogP contribution in [-0.2, 0) is 4.74 Å². The first-order chi connectivity index (χ1) is 11.4. The molecule has 0 radical (unpaired) electrons. The van der Waals surface area contributed by atoms with Crippen LogP contribution in [0.1, 0.15) is 25.5 Å². The molecule has 0 N–H and O–H groups in total. The molecule has 1 aliphatic heterocycles. The zero-order valence-corrected chi connectivity index (χ0v) is 12.7. The second-order valence-electron chi connectivity index (χ2n) is 5.57. The summed E-state index contributed by atoms with van der Waals surface area (Å²) in [6.45, 7) is 0.820. The largest absolute Gasteiger partial charge is 0.357 e. The summed E-state index contributed by atoms with van der Waals surface area (Å²) in [7, 11) is 0. The first kappa shape index (κ1) is 14.0. The van der Waals surface area contributed by atoms with Gasteiger partial charge in [-0.2, -0.15) is 5.10 Å². The minimum absolute atomic E-state index is 0.0713. The van der Waals surface area contributed by atoms with Crippen molar-refractivity contribution in [3.8, 4) is 22.5 Å². The molecule has 3 aromatic rings. The molecule has 0 bridgehead atoms. The van der Waals surface area contributed by atoms with Gasteiger partial charge in [0.25, 0.3) is 0 Å². The summed E-state index contributed by atoms with van der Waals surface area (Å²) in [4.78, 5) is 12.2. The van der Waals surface area contributed by atoms with Crippen molar-refractivity contribution < 1.29 is 4.74 Å². The predicted octanol–water partition coefficient (Wildman–Crippen LogP) is 3.10. The van der Waals surface area contributed by atoms with E-state index in [4.69, 9.17) is 4.74 Å². The van der Waals surface area contributed by atoms with Crippen LogP contribution >= 0.6 is 0 Å². The number of hydrogen-bond acceptors (Lipinski definition) is 5. The SMILES string of the molecule is c1ncnc(-c2ccc(-c3cnn(C4CCCCO4)c3)cc2)n1. The van der Waals surface area contributed by atoms with Crippen LogP contribution in [0.4, 0.5) is 0 Å². The standard InChI is InChI=1S/C17H17N5O/c1-2-8-23-16(3-1)22-10-15(9-21-22)13-4-6-14(7-5-13)17-19-11-18-12-20-17/h4-7,9-12,16H,1-3,8H2. The highest BCUT2D eigenvalue weighted by atomic mass is 16.5. The highest BCUT2D eigenvalue weighted by Gasteiger charge is 2.16. The van der Waals surface area contributed by atoms with Crippen LogP contribution in [0.3, 0.4) is 0 Å². The lowest BCUT2D eigenvalue weighted by atomic mass is 10.1. The minimum atomic E-state index is 0.0713. The number of rotatable bonds is 3. The summed E-state index contributed by atoms with van der Waals surface area (Å²) in [5.41, 5.74) is 3.17. The fourth-order valence-corrected chi connectivity index (χ4v) is 2.78. The quantitative estimate of drug-likeness (QED) is 0.744. The maximum Gasteiger partial charge on any atom is 0.162 e. The Balaban J connectivity index is 1.55. The van der Waals surface area contributed by atoms with Gasteiger partial charge in [-0.25, -0.2) is 19.6 Å². The van der Waals surface area contributed by atoms with E-state index in [0.29, 0.717) is 5.82 Å². The second-order valence-corrected chi connectivity index (χ2v) is 5.57. The molecule has 3 heterocycles. The molecule has 0 spiro atoms. The molecular formula is C17H17N5O. The van der Waals surface area contributed by atoms with Gasteiger partial charge in [-0.3, -0.25) is 0 Å². The Morgan fingerprint density at radius 1 is 0.957 bits per heavy atom. The fourth-order valence-electron chi connectivity index (χ4n) is 2.78. The number of aromatic nitrogens is 5. The van der Waals surface area contributed by atoms with Gasteiger partial charge in [0.15, 0.2) is 5.82 Å². The Morgan fingerprint density at radius 2 is 1.74 bits per heavy atom. The van der Waals surface area contributed by atoms with Crippen molar-refractivity contribution in [1.82, 2.24) is 24.7 Å². The summed E-state index contributed by atoms with van der Waals surface area (Å²) in [5.74, 6) is 0.679. The number of benzene rings is 1. The molecule has 1 saturated heterocycles. The molecule has 6 heteroatoms. The average Bonchev–Trinajstić information content (AvgIpc) is 3.14. The third-order valence-electron chi connectivity index (χ3n) is 4.02. The van der Waals surface area contributed by atoms with Gasteiger partial charge in [-0.1, -0.05) is 24.3 Å².